The summed E-state index contributed by atoms with van der Waals surface area (Å²) in [6.45, 7) is 0. The zero-order chi connectivity index (χ0) is 13.8. The molecule has 0 aliphatic carbocycles. The molecule has 0 saturated carbocycles. The smallest absolute Gasteiger partial charge is 0.0622 e. The van der Waals surface area contributed by atoms with Gasteiger partial charge in [0.25, 0.3) is 0 Å². The fourth-order valence-corrected chi connectivity index (χ4v) is 3.37. The molecule has 3 aromatic rings. The van der Waals surface area contributed by atoms with E-state index in [0.29, 0.717) is 0 Å². The van der Waals surface area contributed by atoms with Crippen LogP contribution in [0.4, 0.5) is 0 Å². The summed E-state index contributed by atoms with van der Waals surface area (Å²) in [6.07, 6.45) is 0. The molecule has 20 heavy (non-hydrogen) atoms. The Bertz CT molecular complexity index is 721. The highest BCUT2D eigenvalue weighted by Gasteiger charge is 2.23. The first-order chi connectivity index (χ1) is 9.84. The Labute approximate surface area is 119 Å². The van der Waals surface area contributed by atoms with E-state index in [1.165, 1.54) is 0 Å². The van der Waals surface area contributed by atoms with Gasteiger partial charge in [-0.1, -0.05) is 65.2 Å². The van der Waals surface area contributed by atoms with Crippen molar-refractivity contribution in [1.29, 1.82) is 0 Å². The van der Waals surface area contributed by atoms with E-state index in [9.17, 15) is 4.57 Å². The lowest BCUT2D eigenvalue weighted by Crippen LogP contribution is -2.06. The topological polar surface area (TPSA) is 17.1 Å². The van der Waals surface area contributed by atoms with Crippen molar-refractivity contribution in [2.24, 2.45) is 0 Å². The van der Waals surface area contributed by atoms with Crippen LogP contribution in [0.3, 0.4) is 0 Å². The predicted molar refractivity (Wildman–Crippen MR) is 85.2 cm³/mol. The fraction of sp³-hybridized carbons (Fsp3) is 0. The normalized spacial score (nSPS) is 11.1. The van der Waals surface area contributed by atoms with Crippen LogP contribution in [0.2, 0.25) is 0 Å². The minimum absolute atomic E-state index is 0.868. The highest BCUT2D eigenvalue weighted by molar-refractivity contribution is 7.61. The molecule has 0 bridgehead atoms. The molecule has 0 aromatic heterocycles. The summed E-state index contributed by atoms with van der Waals surface area (Å²) < 4.78 is 12.6. The van der Waals surface area contributed by atoms with Gasteiger partial charge < -0.3 is 0 Å². The van der Waals surface area contributed by atoms with E-state index >= 15 is 0 Å². The summed E-state index contributed by atoms with van der Waals surface area (Å²) in [7, 11) is -1.53. The van der Waals surface area contributed by atoms with Crippen molar-refractivity contribution in [3.63, 3.8) is 0 Å². The summed E-state index contributed by atoms with van der Waals surface area (Å²) in [5.74, 6) is 0. The number of hydrogen-bond acceptors (Lipinski definition) is 1. The van der Waals surface area contributed by atoms with Crippen LogP contribution >= 0.6 is 7.80 Å². The van der Waals surface area contributed by atoms with Crippen LogP contribution in [-0.2, 0) is 4.57 Å². The van der Waals surface area contributed by atoms with E-state index in [1.807, 2.05) is 72.8 Å². The van der Waals surface area contributed by atoms with E-state index in [-0.39, 0.29) is 0 Å². The summed E-state index contributed by atoms with van der Waals surface area (Å²) in [6, 6.07) is 27.7. The van der Waals surface area contributed by atoms with Crippen LogP contribution in [0, 0.1) is 0 Å². The Kier molecular flexibility index (Phi) is 3.71. The average Bonchev–Trinajstić information content (AvgIpc) is 2.56. The van der Waals surface area contributed by atoms with Gasteiger partial charge in [0.15, 0.2) is 10.6 Å². The molecule has 0 fully saturated rings. The first-order valence-electron chi connectivity index (χ1n) is 6.52. The number of benzene rings is 3. The molecule has 0 aliphatic heterocycles. The second kappa shape index (κ2) is 5.81. The number of hydrogen-bond donors (Lipinski definition) is 0. The molecule has 0 saturated heterocycles. The van der Waals surface area contributed by atoms with Crippen LogP contribution in [0.1, 0.15) is 0 Å². The van der Waals surface area contributed by atoms with Crippen molar-refractivity contribution in [3.05, 3.63) is 84.9 Å². The first-order valence-corrected chi connectivity index (χ1v) is 7.78. The summed E-state index contributed by atoms with van der Waals surface area (Å²) in [5, 5.41) is 1.74. The zero-order valence-electron chi connectivity index (χ0n) is 10.9. The largest absolute Gasteiger partial charge is 0.415 e. The van der Waals surface area contributed by atoms with Crippen molar-refractivity contribution in [3.8, 4) is 11.1 Å². The SMILES string of the molecule is O=[P+](c1ccccc1)c1cccc(-c2ccccc2)c1. The van der Waals surface area contributed by atoms with Gasteiger partial charge in [0.1, 0.15) is 0 Å². The van der Waals surface area contributed by atoms with Gasteiger partial charge in [-0.05, 0) is 35.4 Å². The van der Waals surface area contributed by atoms with Crippen molar-refractivity contribution in [1.82, 2.24) is 0 Å². The second-order valence-electron chi connectivity index (χ2n) is 4.55. The zero-order valence-corrected chi connectivity index (χ0v) is 11.8. The Morgan fingerprint density at radius 1 is 0.550 bits per heavy atom. The molecule has 1 unspecified atom stereocenters. The molecule has 96 valence electrons. The van der Waals surface area contributed by atoms with Crippen molar-refractivity contribution < 1.29 is 4.57 Å². The van der Waals surface area contributed by atoms with E-state index in [4.69, 9.17) is 0 Å². The average molecular weight is 277 g/mol. The molecule has 0 spiro atoms. The second-order valence-corrected chi connectivity index (χ2v) is 6.17. The Balaban J connectivity index is 1.98. The highest BCUT2D eigenvalue weighted by atomic mass is 31.1. The molecule has 1 atom stereocenters. The van der Waals surface area contributed by atoms with Gasteiger partial charge in [-0.2, -0.15) is 0 Å². The molecule has 0 N–H and O–H groups in total. The minimum atomic E-state index is -1.53. The monoisotopic (exact) mass is 277 g/mol. The molecule has 0 amide bonds. The van der Waals surface area contributed by atoms with Gasteiger partial charge in [-0.25, -0.2) is 0 Å². The van der Waals surface area contributed by atoms with Gasteiger partial charge >= 0.3 is 7.80 Å². The lowest BCUT2D eigenvalue weighted by atomic mass is 10.1. The summed E-state index contributed by atoms with van der Waals surface area (Å²) in [5.41, 5.74) is 2.24. The van der Waals surface area contributed by atoms with Crippen LogP contribution < -0.4 is 10.6 Å². The third kappa shape index (κ3) is 2.68. The van der Waals surface area contributed by atoms with Crippen LogP contribution in [0.15, 0.2) is 84.9 Å². The summed E-state index contributed by atoms with van der Waals surface area (Å²) >= 11 is 0. The van der Waals surface area contributed by atoms with Gasteiger partial charge in [0.2, 0.25) is 0 Å². The maximum Gasteiger partial charge on any atom is 0.415 e. The van der Waals surface area contributed by atoms with Crippen LogP contribution in [0.25, 0.3) is 11.1 Å². The molecule has 0 heterocycles. The van der Waals surface area contributed by atoms with Crippen LogP contribution in [-0.4, -0.2) is 0 Å². The van der Waals surface area contributed by atoms with Crippen LogP contribution in [0.5, 0.6) is 0 Å². The van der Waals surface area contributed by atoms with Gasteiger partial charge in [0.05, 0.1) is 0 Å². The van der Waals surface area contributed by atoms with Crippen molar-refractivity contribution in [2.45, 2.75) is 0 Å². The molecular weight excluding hydrogens is 263 g/mol. The van der Waals surface area contributed by atoms with Gasteiger partial charge in [0, 0.05) is 0 Å². The molecule has 1 nitrogen and oxygen atoms in total. The number of rotatable bonds is 3. The molecule has 3 aromatic carbocycles. The molecular formula is C18H14OP+. The minimum Gasteiger partial charge on any atom is -0.0622 e. The molecule has 0 radical (unpaired) electrons. The molecule has 3 rings (SSSR count). The third-order valence-electron chi connectivity index (χ3n) is 3.18. The Morgan fingerprint density at radius 3 is 1.80 bits per heavy atom. The van der Waals surface area contributed by atoms with E-state index in [2.05, 4.69) is 12.1 Å². The van der Waals surface area contributed by atoms with E-state index in [0.717, 1.165) is 21.7 Å². The fourth-order valence-electron chi connectivity index (χ4n) is 2.15. The Hall–Kier alpha value is -2.24. The van der Waals surface area contributed by atoms with Crippen molar-refractivity contribution in [2.75, 3.05) is 0 Å². The third-order valence-corrected chi connectivity index (χ3v) is 4.69. The standard InChI is InChI=1S/C18H14OP/c19-20(17-11-5-2-6-12-17)18-13-7-10-16(14-18)15-8-3-1-4-9-15/h1-14H/q+1. The maximum atomic E-state index is 12.6. The van der Waals surface area contributed by atoms with E-state index < -0.39 is 7.80 Å². The maximum absolute atomic E-state index is 12.6. The first kappa shape index (κ1) is 12.8. The summed E-state index contributed by atoms with van der Waals surface area (Å²) in [4.78, 5) is 0. The Morgan fingerprint density at radius 2 is 1.10 bits per heavy atom. The van der Waals surface area contributed by atoms with Gasteiger partial charge in [-0.3, -0.25) is 0 Å². The molecule has 2 heteroatoms. The van der Waals surface area contributed by atoms with E-state index in [1.54, 1.807) is 0 Å². The lowest BCUT2D eigenvalue weighted by Gasteiger charge is -2.00. The molecule has 0 aliphatic rings. The van der Waals surface area contributed by atoms with Gasteiger partial charge in [-0.15, -0.1) is 0 Å². The lowest BCUT2D eigenvalue weighted by molar-refractivity contribution is 0.598. The highest BCUT2D eigenvalue weighted by Crippen LogP contribution is 2.24. The quantitative estimate of drug-likeness (QED) is 0.658. The predicted octanol–water partition coefficient (Wildman–Crippen LogP) is 4.13. The van der Waals surface area contributed by atoms with Crippen molar-refractivity contribution >= 4 is 18.4 Å².